The topological polar surface area (TPSA) is 67.1 Å². The van der Waals surface area contributed by atoms with E-state index in [1.807, 2.05) is 7.05 Å². The van der Waals surface area contributed by atoms with Crippen LogP contribution in [0.25, 0.3) is 0 Å². The van der Waals surface area contributed by atoms with E-state index >= 15 is 0 Å². The molecule has 0 aromatic carbocycles. The molecule has 106 valence electrons. The van der Waals surface area contributed by atoms with Gasteiger partial charge in [0, 0.05) is 19.6 Å². The Balaban J connectivity index is 1.76. The molecule has 1 aliphatic heterocycles. The number of hydrogen-bond acceptors (Lipinski definition) is 5. The van der Waals surface area contributed by atoms with Gasteiger partial charge in [-0.05, 0) is 42.0 Å². The van der Waals surface area contributed by atoms with Gasteiger partial charge in [0.15, 0.2) is 5.82 Å². The molecule has 0 spiro atoms. The van der Waals surface area contributed by atoms with Crippen LogP contribution in [0.2, 0.25) is 0 Å². The monoisotopic (exact) mass is 265 g/mol. The fraction of sp³-hybridized carbons (Fsp3) is 0.923. The van der Waals surface area contributed by atoms with Crippen LogP contribution < -0.4 is 0 Å². The molecule has 0 amide bonds. The SMILES string of the molecule is Cn1nnnc1[C@@H]1CC[C@@H](CO)N1CC1CCCC1. The summed E-state index contributed by atoms with van der Waals surface area (Å²) in [5.41, 5.74) is 0. The Kier molecular flexibility index (Phi) is 3.79. The number of aromatic nitrogens is 4. The van der Waals surface area contributed by atoms with E-state index in [0.717, 1.165) is 31.1 Å². The summed E-state index contributed by atoms with van der Waals surface area (Å²) in [7, 11) is 1.90. The first-order valence-corrected chi connectivity index (χ1v) is 7.38. The van der Waals surface area contributed by atoms with Crippen molar-refractivity contribution in [2.75, 3.05) is 13.2 Å². The molecule has 1 N–H and O–H groups in total. The second-order valence-electron chi connectivity index (χ2n) is 5.94. The number of likely N-dealkylation sites (tertiary alicyclic amines) is 1. The average Bonchev–Trinajstić information content (AvgIpc) is 3.11. The van der Waals surface area contributed by atoms with Crippen molar-refractivity contribution in [1.29, 1.82) is 0 Å². The molecule has 0 radical (unpaired) electrons. The van der Waals surface area contributed by atoms with Crippen LogP contribution in [0.1, 0.15) is 50.4 Å². The van der Waals surface area contributed by atoms with Crippen molar-refractivity contribution in [2.24, 2.45) is 13.0 Å². The fourth-order valence-electron chi connectivity index (χ4n) is 3.70. The largest absolute Gasteiger partial charge is 0.395 e. The van der Waals surface area contributed by atoms with Gasteiger partial charge in [-0.25, -0.2) is 4.68 Å². The molecule has 1 saturated heterocycles. The number of aliphatic hydroxyl groups excluding tert-OH is 1. The van der Waals surface area contributed by atoms with E-state index in [0.29, 0.717) is 0 Å². The minimum atomic E-state index is 0.245. The van der Waals surface area contributed by atoms with E-state index in [2.05, 4.69) is 20.4 Å². The highest BCUT2D eigenvalue weighted by molar-refractivity contribution is 5.00. The third kappa shape index (κ3) is 2.51. The normalized spacial score (nSPS) is 29.4. The van der Waals surface area contributed by atoms with Gasteiger partial charge in [-0.3, -0.25) is 4.90 Å². The molecule has 1 aromatic heterocycles. The van der Waals surface area contributed by atoms with Crippen molar-refractivity contribution in [3.8, 4) is 0 Å². The maximum atomic E-state index is 9.59. The second kappa shape index (κ2) is 5.54. The van der Waals surface area contributed by atoms with Crippen molar-refractivity contribution in [2.45, 2.75) is 50.6 Å². The van der Waals surface area contributed by atoms with Crippen LogP contribution in [0.4, 0.5) is 0 Å². The zero-order valence-corrected chi connectivity index (χ0v) is 11.6. The lowest BCUT2D eigenvalue weighted by Gasteiger charge is -2.30. The predicted octanol–water partition coefficient (Wildman–Crippen LogP) is 0.898. The zero-order chi connectivity index (χ0) is 13.2. The molecule has 6 nitrogen and oxygen atoms in total. The van der Waals surface area contributed by atoms with Gasteiger partial charge >= 0.3 is 0 Å². The Labute approximate surface area is 113 Å². The van der Waals surface area contributed by atoms with Crippen LogP contribution in [-0.4, -0.2) is 49.4 Å². The lowest BCUT2D eigenvalue weighted by molar-refractivity contribution is 0.107. The van der Waals surface area contributed by atoms with Gasteiger partial charge in [0.05, 0.1) is 12.6 Å². The number of hydrogen-bond donors (Lipinski definition) is 1. The molecule has 2 atom stereocenters. The summed E-state index contributed by atoms with van der Waals surface area (Å²) in [6, 6.07) is 0.556. The van der Waals surface area contributed by atoms with Gasteiger partial charge < -0.3 is 5.11 Å². The number of aliphatic hydroxyl groups is 1. The minimum Gasteiger partial charge on any atom is -0.395 e. The van der Waals surface area contributed by atoms with Crippen LogP contribution in [-0.2, 0) is 7.05 Å². The van der Waals surface area contributed by atoms with Crippen LogP contribution in [0, 0.1) is 5.92 Å². The molecule has 3 rings (SSSR count). The zero-order valence-electron chi connectivity index (χ0n) is 11.6. The van der Waals surface area contributed by atoms with E-state index in [1.165, 1.54) is 25.7 Å². The first-order valence-electron chi connectivity index (χ1n) is 7.38. The molecule has 19 heavy (non-hydrogen) atoms. The lowest BCUT2D eigenvalue weighted by atomic mass is 10.1. The van der Waals surface area contributed by atoms with Crippen molar-refractivity contribution in [1.82, 2.24) is 25.1 Å². The molecule has 6 heteroatoms. The van der Waals surface area contributed by atoms with Gasteiger partial charge in [0.25, 0.3) is 0 Å². The van der Waals surface area contributed by atoms with Gasteiger partial charge in [-0.15, -0.1) is 5.10 Å². The summed E-state index contributed by atoms with van der Waals surface area (Å²) in [5, 5.41) is 21.5. The van der Waals surface area contributed by atoms with Gasteiger partial charge in [0.1, 0.15) is 0 Å². The third-order valence-electron chi connectivity index (χ3n) is 4.75. The van der Waals surface area contributed by atoms with E-state index in [4.69, 9.17) is 0 Å². The average molecular weight is 265 g/mol. The van der Waals surface area contributed by atoms with Crippen LogP contribution >= 0.6 is 0 Å². The molecule has 1 aliphatic carbocycles. The van der Waals surface area contributed by atoms with Gasteiger partial charge in [-0.2, -0.15) is 0 Å². The standard InChI is InChI=1S/C13H23N5O/c1-17-13(14-15-16-17)12-7-6-11(9-19)18(12)8-10-4-2-3-5-10/h10-12,19H,2-9H2,1H3/t11-,12-/m0/s1. The molecule has 1 aromatic rings. The van der Waals surface area contributed by atoms with Gasteiger partial charge in [-0.1, -0.05) is 12.8 Å². The van der Waals surface area contributed by atoms with Crippen LogP contribution in [0.3, 0.4) is 0 Å². The van der Waals surface area contributed by atoms with E-state index in [-0.39, 0.29) is 18.7 Å². The Morgan fingerprint density at radius 1 is 1.21 bits per heavy atom. The predicted molar refractivity (Wildman–Crippen MR) is 70.3 cm³/mol. The Morgan fingerprint density at radius 2 is 2.00 bits per heavy atom. The van der Waals surface area contributed by atoms with Crippen LogP contribution in [0.15, 0.2) is 0 Å². The molecular weight excluding hydrogens is 242 g/mol. The molecular formula is C13H23N5O. The lowest BCUT2D eigenvalue weighted by Crippen LogP contribution is -2.38. The van der Waals surface area contributed by atoms with Crippen LogP contribution in [0.5, 0.6) is 0 Å². The van der Waals surface area contributed by atoms with Crippen molar-refractivity contribution >= 4 is 0 Å². The molecule has 1 saturated carbocycles. The molecule has 0 unspecified atom stereocenters. The number of aryl methyl sites for hydroxylation is 1. The summed E-state index contributed by atoms with van der Waals surface area (Å²) in [6.07, 6.45) is 7.47. The number of tetrazole rings is 1. The highest BCUT2D eigenvalue weighted by Crippen LogP contribution is 2.37. The maximum Gasteiger partial charge on any atom is 0.168 e. The Hall–Kier alpha value is -1.01. The first-order chi connectivity index (χ1) is 9.29. The summed E-state index contributed by atoms with van der Waals surface area (Å²) in [6.45, 7) is 1.33. The first kappa shape index (κ1) is 13.0. The summed E-state index contributed by atoms with van der Waals surface area (Å²) < 4.78 is 1.77. The minimum absolute atomic E-state index is 0.245. The molecule has 0 bridgehead atoms. The van der Waals surface area contributed by atoms with Crippen molar-refractivity contribution in [3.63, 3.8) is 0 Å². The smallest absolute Gasteiger partial charge is 0.168 e. The second-order valence-corrected chi connectivity index (χ2v) is 5.94. The molecule has 2 aliphatic rings. The highest BCUT2D eigenvalue weighted by Gasteiger charge is 2.38. The fourth-order valence-corrected chi connectivity index (χ4v) is 3.70. The summed E-state index contributed by atoms with van der Waals surface area (Å²) >= 11 is 0. The van der Waals surface area contributed by atoms with Crippen molar-refractivity contribution in [3.05, 3.63) is 5.82 Å². The van der Waals surface area contributed by atoms with E-state index in [9.17, 15) is 5.11 Å². The quantitative estimate of drug-likeness (QED) is 0.876. The van der Waals surface area contributed by atoms with Gasteiger partial charge in [0.2, 0.25) is 0 Å². The number of nitrogens with zero attached hydrogens (tertiary/aromatic N) is 5. The van der Waals surface area contributed by atoms with E-state index < -0.39 is 0 Å². The number of rotatable bonds is 4. The molecule has 2 heterocycles. The Bertz CT molecular complexity index is 415. The molecule has 2 fully saturated rings. The maximum absolute atomic E-state index is 9.59. The summed E-state index contributed by atoms with van der Waals surface area (Å²) in [5.74, 6) is 1.73. The highest BCUT2D eigenvalue weighted by atomic mass is 16.3. The Morgan fingerprint density at radius 3 is 2.63 bits per heavy atom. The summed E-state index contributed by atoms with van der Waals surface area (Å²) in [4.78, 5) is 2.45. The third-order valence-corrected chi connectivity index (χ3v) is 4.75. The van der Waals surface area contributed by atoms with E-state index in [1.54, 1.807) is 4.68 Å². The van der Waals surface area contributed by atoms with Crippen molar-refractivity contribution < 1.29 is 5.11 Å².